The lowest BCUT2D eigenvalue weighted by Crippen LogP contribution is -2.33. The van der Waals surface area contributed by atoms with Crippen LogP contribution in [0.1, 0.15) is 55.7 Å². The van der Waals surface area contributed by atoms with Crippen molar-refractivity contribution in [2.24, 2.45) is 10.6 Å². The number of nitrogens with zero attached hydrogens (tertiary/aromatic N) is 1. The molecule has 2 rings (SSSR count). The van der Waals surface area contributed by atoms with Gasteiger partial charge in [-0.3, -0.25) is 9.89 Å². The first kappa shape index (κ1) is 15.0. The molecule has 1 aliphatic rings. The third kappa shape index (κ3) is 3.37. The molecule has 20 heavy (non-hydrogen) atoms. The highest BCUT2D eigenvalue weighted by Gasteiger charge is 2.35. The highest BCUT2D eigenvalue weighted by molar-refractivity contribution is 7.89. The summed E-state index contributed by atoms with van der Waals surface area (Å²) in [6.07, 6.45) is 1.77. The van der Waals surface area contributed by atoms with Crippen LogP contribution in [0.15, 0.2) is 4.90 Å². The van der Waals surface area contributed by atoms with Crippen LogP contribution in [0, 0.1) is 5.41 Å². The van der Waals surface area contributed by atoms with Crippen molar-refractivity contribution in [2.75, 3.05) is 6.54 Å². The summed E-state index contributed by atoms with van der Waals surface area (Å²) in [5, 5.41) is 14.4. The molecule has 0 unspecified atom stereocenters. The maximum Gasteiger partial charge on any atom is 0.273 e. The minimum atomic E-state index is -3.98. The van der Waals surface area contributed by atoms with Crippen LogP contribution in [0.3, 0.4) is 0 Å². The molecule has 8 heteroatoms. The van der Waals surface area contributed by atoms with Crippen LogP contribution in [0.25, 0.3) is 0 Å². The van der Waals surface area contributed by atoms with Gasteiger partial charge in [0.1, 0.15) is 4.90 Å². The van der Waals surface area contributed by atoms with Gasteiger partial charge in [0.15, 0.2) is 5.69 Å². The van der Waals surface area contributed by atoms with Crippen molar-refractivity contribution in [2.45, 2.75) is 44.4 Å². The van der Waals surface area contributed by atoms with E-state index in [0.29, 0.717) is 12.2 Å². The smallest absolute Gasteiger partial charge is 0.273 e. The molecule has 0 bridgehead atoms. The number of hydrogen-bond donors (Lipinski definition) is 3. The Balaban J connectivity index is 2.30. The van der Waals surface area contributed by atoms with Crippen molar-refractivity contribution < 1.29 is 13.2 Å². The second-order valence-electron chi connectivity index (χ2n) is 6.38. The third-order valence-electron chi connectivity index (χ3n) is 3.01. The summed E-state index contributed by atoms with van der Waals surface area (Å²) >= 11 is 0. The minimum absolute atomic E-state index is 0.104. The van der Waals surface area contributed by atoms with Gasteiger partial charge in [0.25, 0.3) is 5.91 Å². The van der Waals surface area contributed by atoms with Crippen molar-refractivity contribution in [1.82, 2.24) is 15.5 Å². The fourth-order valence-electron chi connectivity index (χ4n) is 1.86. The molecule has 112 valence electrons. The Bertz CT molecular complexity index is 624. The fraction of sp³-hybridized carbons (Fsp3) is 0.667. The summed E-state index contributed by atoms with van der Waals surface area (Å²) in [6.45, 7) is 6.32. The first-order chi connectivity index (χ1) is 9.09. The predicted molar refractivity (Wildman–Crippen MR) is 73.7 cm³/mol. The van der Waals surface area contributed by atoms with E-state index in [2.05, 4.69) is 15.5 Å². The Morgan fingerprint density at radius 3 is 2.50 bits per heavy atom. The largest absolute Gasteiger partial charge is 0.350 e. The number of carbonyl (C=O) groups is 1. The molecule has 4 N–H and O–H groups in total. The van der Waals surface area contributed by atoms with Crippen LogP contribution < -0.4 is 10.5 Å². The first-order valence-corrected chi connectivity index (χ1v) is 8.03. The van der Waals surface area contributed by atoms with Crippen molar-refractivity contribution in [3.8, 4) is 0 Å². The summed E-state index contributed by atoms with van der Waals surface area (Å²) in [5.41, 5.74) is 0.208. The first-order valence-electron chi connectivity index (χ1n) is 6.49. The lowest BCUT2D eigenvalue weighted by atomic mass is 9.97. The lowest BCUT2D eigenvalue weighted by molar-refractivity contribution is 0.0931. The van der Waals surface area contributed by atoms with Gasteiger partial charge in [-0.15, -0.1) is 0 Å². The Kier molecular flexibility index (Phi) is 3.64. The van der Waals surface area contributed by atoms with Gasteiger partial charge in [0, 0.05) is 12.5 Å². The van der Waals surface area contributed by atoms with E-state index in [0.717, 1.165) is 12.8 Å². The Morgan fingerprint density at radius 1 is 1.45 bits per heavy atom. The molecule has 0 spiro atoms. The summed E-state index contributed by atoms with van der Waals surface area (Å²) in [5.74, 6) is -0.410. The summed E-state index contributed by atoms with van der Waals surface area (Å²) < 4.78 is 23.4. The van der Waals surface area contributed by atoms with Crippen molar-refractivity contribution in [3.63, 3.8) is 0 Å². The van der Waals surface area contributed by atoms with Gasteiger partial charge in [0.05, 0.1) is 5.69 Å². The predicted octanol–water partition coefficient (Wildman–Crippen LogP) is 0.710. The van der Waals surface area contributed by atoms with Crippen LogP contribution in [-0.2, 0) is 10.0 Å². The topological polar surface area (TPSA) is 118 Å². The number of nitrogens with one attached hydrogen (secondary N) is 2. The van der Waals surface area contributed by atoms with Crippen molar-refractivity contribution in [3.05, 3.63) is 11.4 Å². The zero-order valence-corrected chi connectivity index (χ0v) is 12.7. The summed E-state index contributed by atoms with van der Waals surface area (Å²) in [6, 6.07) is 0. The van der Waals surface area contributed by atoms with Crippen LogP contribution in [0.2, 0.25) is 0 Å². The number of primary sulfonamides is 1. The molecular weight excluding hydrogens is 280 g/mol. The van der Waals surface area contributed by atoms with E-state index in [-0.39, 0.29) is 21.9 Å². The number of hydrogen-bond acceptors (Lipinski definition) is 4. The van der Waals surface area contributed by atoms with Gasteiger partial charge in [-0.05, 0) is 18.3 Å². The van der Waals surface area contributed by atoms with Crippen LogP contribution in [0.5, 0.6) is 0 Å². The zero-order chi connectivity index (χ0) is 15.1. The average molecular weight is 300 g/mol. The molecule has 0 aromatic carbocycles. The third-order valence-corrected chi connectivity index (χ3v) is 3.99. The maximum atomic E-state index is 12.1. The summed E-state index contributed by atoms with van der Waals surface area (Å²) in [4.78, 5) is 11.9. The SMILES string of the molecule is CC(C)(C)CNC(=O)c1n[nH]c(C2CC2)c1S(N)(=O)=O. The molecule has 1 amide bonds. The van der Waals surface area contributed by atoms with E-state index in [4.69, 9.17) is 5.14 Å². The molecule has 1 heterocycles. The Hall–Kier alpha value is -1.41. The van der Waals surface area contributed by atoms with E-state index in [1.165, 1.54) is 0 Å². The molecular formula is C12H20N4O3S. The zero-order valence-electron chi connectivity index (χ0n) is 11.9. The van der Waals surface area contributed by atoms with Gasteiger partial charge < -0.3 is 5.32 Å². The Morgan fingerprint density at radius 2 is 2.05 bits per heavy atom. The lowest BCUT2D eigenvalue weighted by Gasteiger charge is -2.18. The summed E-state index contributed by atoms with van der Waals surface area (Å²) in [7, 11) is -3.98. The monoisotopic (exact) mass is 300 g/mol. The molecule has 0 radical (unpaired) electrons. The number of H-pyrrole nitrogens is 1. The van der Waals surface area contributed by atoms with Gasteiger partial charge in [0.2, 0.25) is 10.0 Å². The molecule has 1 aromatic heterocycles. The normalized spacial score (nSPS) is 16.2. The molecule has 0 aliphatic heterocycles. The van der Waals surface area contributed by atoms with Crippen LogP contribution in [-0.4, -0.2) is 31.1 Å². The molecule has 1 saturated carbocycles. The molecule has 1 fully saturated rings. The van der Waals surface area contributed by atoms with Crippen molar-refractivity contribution >= 4 is 15.9 Å². The molecule has 1 aromatic rings. The number of sulfonamides is 1. The average Bonchev–Trinajstić information content (AvgIpc) is 3.02. The van der Waals surface area contributed by atoms with Gasteiger partial charge in [-0.2, -0.15) is 5.10 Å². The molecule has 7 nitrogen and oxygen atoms in total. The van der Waals surface area contributed by atoms with Crippen molar-refractivity contribution in [1.29, 1.82) is 0 Å². The van der Waals surface area contributed by atoms with E-state index in [1.807, 2.05) is 20.8 Å². The minimum Gasteiger partial charge on any atom is -0.350 e. The maximum absolute atomic E-state index is 12.1. The highest BCUT2D eigenvalue weighted by atomic mass is 32.2. The van der Waals surface area contributed by atoms with E-state index < -0.39 is 15.9 Å². The molecule has 0 atom stereocenters. The number of aromatic amines is 1. The standard InChI is InChI=1S/C12H20N4O3S/c1-12(2,3)6-14-11(17)9-10(20(13,18)19)8(15-16-9)7-4-5-7/h7H,4-6H2,1-3H3,(H,14,17)(H,15,16)(H2,13,18,19). The number of carbonyl (C=O) groups excluding carboxylic acids is 1. The number of rotatable bonds is 4. The number of amides is 1. The molecule has 0 saturated heterocycles. The quantitative estimate of drug-likeness (QED) is 0.758. The van der Waals surface area contributed by atoms with E-state index in [9.17, 15) is 13.2 Å². The van der Waals surface area contributed by atoms with Gasteiger partial charge >= 0.3 is 0 Å². The number of nitrogens with two attached hydrogens (primary N) is 1. The van der Waals surface area contributed by atoms with E-state index in [1.54, 1.807) is 0 Å². The highest BCUT2D eigenvalue weighted by Crippen LogP contribution is 2.42. The second-order valence-corrected chi connectivity index (χ2v) is 7.88. The van der Waals surface area contributed by atoms with Crippen LogP contribution in [0.4, 0.5) is 0 Å². The molecule has 1 aliphatic carbocycles. The van der Waals surface area contributed by atoms with Crippen LogP contribution >= 0.6 is 0 Å². The fourth-order valence-corrected chi connectivity index (χ4v) is 2.79. The number of aromatic nitrogens is 2. The van der Waals surface area contributed by atoms with Gasteiger partial charge in [-0.25, -0.2) is 13.6 Å². The Labute approximate surface area is 118 Å². The second kappa shape index (κ2) is 4.85. The van der Waals surface area contributed by atoms with E-state index >= 15 is 0 Å². The van der Waals surface area contributed by atoms with Gasteiger partial charge in [-0.1, -0.05) is 20.8 Å².